The molecular formula is C38H36BMgNOS. The third-order valence-electron chi connectivity index (χ3n) is 9.72. The van der Waals surface area contributed by atoms with Crippen molar-refractivity contribution in [3.8, 4) is 11.5 Å². The molecule has 0 unspecified atom stereocenters. The minimum Gasteiger partial charge on any atom is -1.00 e. The molecule has 2 nitrogen and oxygen atoms in total. The Hall–Kier alpha value is -3.12. The first kappa shape index (κ1) is 28.6. The predicted octanol–water partition coefficient (Wildman–Crippen LogP) is 8.87. The number of fused-ring (bicyclic) bond motifs is 7. The van der Waals surface area contributed by atoms with Crippen molar-refractivity contribution in [2.45, 2.75) is 58.8 Å². The molecule has 5 heteroatoms. The third-order valence-corrected chi connectivity index (χ3v) is 10.9. The maximum Gasteiger partial charge on any atom is 2.00 e. The summed E-state index contributed by atoms with van der Waals surface area (Å²) in [6, 6.07) is 29.2. The largest absolute Gasteiger partial charge is 2.00 e. The van der Waals surface area contributed by atoms with Gasteiger partial charge in [-0.05, 0) is 59.4 Å². The summed E-state index contributed by atoms with van der Waals surface area (Å²) in [5.74, 6) is 3.48. The molecule has 0 fully saturated rings. The van der Waals surface area contributed by atoms with E-state index in [9.17, 15) is 0 Å². The number of nitrogens with zero attached hydrogens (tertiary/aromatic N) is 1. The van der Waals surface area contributed by atoms with Gasteiger partial charge in [-0.3, -0.25) is 0 Å². The number of allylic oxidation sites excluding steroid dienone is 1. The zero-order valence-electron chi connectivity index (χ0n) is 26.6. The molecule has 1 aromatic heterocycles. The van der Waals surface area contributed by atoms with Gasteiger partial charge in [0.25, 0.3) is 6.71 Å². The van der Waals surface area contributed by atoms with Gasteiger partial charge in [-0.25, -0.2) is 0 Å². The SMILES string of the molecule is C=C(CCC)c1ccc2sc3c(c2c1)N(c1ccccc1)c1cccc2c1B3c1cc3c(cc1O2)C(C)(C)CC[C-]3C.[H-].[Mg+2]. The Morgan fingerprint density at radius 1 is 1.05 bits per heavy atom. The van der Waals surface area contributed by atoms with E-state index in [0.717, 1.165) is 30.8 Å². The minimum absolute atomic E-state index is 0. The van der Waals surface area contributed by atoms with Crippen LogP contribution in [0.2, 0.25) is 0 Å². The monoisotopic (exact) mass is 589 g/mol. The summed E-state index contributed by atoms with van der Waals surface area (Å²) in [5, 5.41) is 1.31. The Morgan fingerprint density at radius 3 is 2.65 bits per heavy atom. The number of rotatable bonds is 4. The Labute approximate surface area is 277 Å². The Kier molecular flexibility index (Phi) is 7.00. The molecule has 3 heterocycles. The van der Waals surface area contributed by atoms with Gasteiger partial charge in [0, 0.05) is 26.2 Å². The Bertz CT molecular complexity index is 1920. The molecule has 2 aliphatic heterocycles. The van der Waals surface area contributed by atoms with Crippen LogP contribution >= 0.6 is 11.3 Å². The van der Waals surface area contributed by atoms with E-state index in [1.807, 2.05) is 11.3 Å². The van der Waals surface area contributed by atoms with Crippen LogP contribution in [0.1, 0.15) is 71.5 Å². The molecule has 3 aliphatic rings. The number of benzene rings is 4. The fourth-order valence-corrected chi connectivity index (χ4v) is 8.71. The zero-order chi connectivity index (χ0) is 28.7. The standard InChI is InChI=1S/C38H35BNOS.Mg.H/c1-6-11-23(2)25-16-17-34-28(20-25)36-37(42-34)39-30-21-27-24(3)18-19-38(4,5)29(27)22-33(30)41-32-15-10-14-31(35(32)39)40(36)26-12-8-7-9-13-26;;/h7-10,12-17,20-22H,2,6,11,18-19H2,1,3-5H3;;/q-1;+2;-1. The first-order valence-corrected chi connectivity index (χ1v) is 16.1. The number of anilines is 3. The van der Waals surface area contributed by atoms with Crippen molar-refractivity contribution in [2.24, 2.45) is 0 Å². The van der Waals surface area contributed by atoms with E-state index >= 15 is 0 Å². The first-order valence-electron chi connectivity index (χ1n) is 15.3. The predicted molar refractivity (Wildman–Crippen MR) is 189 cm³/mol. The van der Waals surface area contributed by atoms with Gasteiger partial charge in [-0.1, -0.05) is 101 Å². The summed E-state index contributed by atoms with van der Waals surface area (Å²) in [6.45, 7) is 13.9. The third kappa shape index (κ3) is 4.30. The van der Waals surface area contributed by atoms with Crippen LogP contribution in [0, 0.1) is 5.92 Å². The smallest absolute Gasteiger partial charge is 1.00 e. The molecule has 5 aromatic rings. The quantitative estimate of drug-likeness (QED) is 0.150. The second-order valence-electron chi connectivity index (χ2n) is 12.9. The van der Waals surface area contributed by atoms with Gasteiger partial charge in [-0.15, -0.1) is 16.9 Å². The summed E-state index contributed by atoms with van der Waals surface area (Å²) in [7, 11) is 0. The molecule has 0 atom stereocenters. The van der Waals surface area contributed by atoms with Crippen molar-refractivity contribution in [1.82, 2.24) is 0 Å². The van der Waals surface area contributed by atoms with E-state index in [1.54, 1.807) is 0 Å². The molecule has 0 spiro atoms. The number of thiophene rings is 1. The molecule has 1 aliphatic carbocycles. The van der Waals surface area contributed by atoms with E-state index in [-0.39, 0.29) is 36.6 Å². The molecule has 0 radical (unpaired) electrons. The minimum atomic E-state index is 0. The topological polar surface area (TPSA) is 12.5 Å². The van der Waals surface area contributed by atoms with E-state index < -0.39 is 0 Å². The van der Waals surface area contributed by atoms with Crippen LogP contribution in [0.5, 0.6) is 11.5 Å². The van der Waals surface area contributed by atoms with Crippen LogP contribution in [0.15, 0.2) is 85.4 Å². The summed E-state index contributed by atoms with van der Waals surface area (Å²) in [4.78, 5) is 2.48. The zero-order valence-corrected chi connectivity index (χ0v) is 27.8. The summed E-state index contributed by atoms with van der Waals surface area (Å²) in [5.41, 5.74) is 11.7. The normalized spacial score (nSPS) is 15.6. The van der Waals surface area contributed by atoms with Gasteiger partial charge >= 0.3 is 23.1 Å². The average Bonchev–Trinajstić information content (AvgIpc) is 3.37. The van der Waals surface area contributed by atoms with E-state index in [4.69, 9.17) is 4.74 Å². The van der Waals surface area contributed by atoms with Gasteiger partial charge in [0.15, 0.2) is 0 Å². The maximum atomic E-state index is 6.83. The molecule has 0 saturated heterocycles. The van der Waals surface area contributed by atoms with Crippen LogP contribution in [0.3, 0.4) is 0 Å². The Balaban J connectivity index is 0.00000171. The number of hydrogen-bond acceptors (Lipinski definition) is 3. The molecule has 0 saturated carbocycles. The molecule has 0 N–H and O–H groups in total. The average molecular weight is 590 g/mol. The molecule has 0 amide bonds. The van der Waals surface area contributed by atoms with Crippen molar-refractivity contribution in [3.63, 3.8) is 0 Å². The summed E-state index contributed by atoms with van der Waals surface area (Å²) >= 11 is 1.94. The molecule has 8 rings (SSSR count). The van der Waals surface area contributed by atoms with Crippen molar-refractivity contribution < 1.29 is 6.16 Å². The van der Waals surface area contributed by atoms with Crippen molar-refractivity contribution >= 4 is 89.5 Å². The van der Waals surface area contributed by atoms with Crippen LogP contribution in [-0.2, 0) is 5.41 Å². The van der Waals surface area contributed by atoms with Crippen LogP contribution in [-0.4, -0.2) is 29.8 Å². The van der Waals surface area contributed by atoms with Crippen LogP contribution < -0.4 is 25.3 Å². The van der Waals surface area contributed by atoms with Crippen molar-refractivity contribution in [2.75, 3.05) is 4.90 Å². The van der Waals surface area contributed by atoms with E-state index in [2.05, 4.69) is 118 Å². The van der Waals surface area contributed by atoms with Gasteiger partial charge in [0.05, 0.1) is 11.4 Å². The molecule has 4 aromatic carbocycles. The van der Waals surface area contributed by atoms with E-state index in [0.29, 0.717) is 0 Å². The molecule has 43 heavy (non-hydrogen) atoms. The van der Waals surface area contributed by atoms with E-state index in [1.165, 1.54) is 77.5 Å². The van der Waals surface area contributed by atoms with Gasteiger partial charge in [0.1, 0.15) is 5.75 Å². The van der Waals surface area contributed by atoms with Crippen molar-refractivity contribution in [1.29, 1.82) is 0 Å². The first-order chi connectivity index (χ1) is 20.4. The maximum absolute atomic E-state index is 6.83. The fraction of sp³-hybridized carbons (Fsp3) is 0.237. The summed E-state index contributed by atoms with van der Waals surface area (Å²) in [6.07, 6.45) is 4.43. The van der Waals surface area contributed by atoms with Gasteiger partial charge in [0.2, 0.25) is 0 Å². The number of ether oxygens (including phenoxy) is 1. The van der Waals surface area contributed by atoms with Gasteiger partial charge < -0.3 is 11.1 Å². The van der Waals surface area contributed by atoms with Gasteiger partial charge in [-0.2, -0.15) is 17.5 Å². The van der Waals surface area contributed by atoms with Crippen LogP contribution in [0.4, 0.5) is 17.1 Å². The number of para-hydroxylation sites is 1. The van der Waals surface area contributed by atoms with Crippen LogP contribution in [0.25, 0.3) is 15.7 Å². The molecule has 210 valence electrons. The molecule has 0 bridgehead atoms. The second kappa shape index (κ2) is 10.5. The molecular weight excluding hydrogens is 554 g/mol. The summed E-state index contributed by atoms with van der Waals surface area (Å²) < 4.78 is 9.54. The Morgan fingerprint density at radius 2 is 1.86 bits per heavy atom. The fourth-order valence-electron chi connectivity index (χ4n) is 7.41. The number of hydrogen-bond donors (Lipinski definition) is 0. The second-order valence-corrected chi connectivity index (χ2v) is 14.0. The van der Waals surface area contributed by atoms with Crippen molar-refractivity contribution in [3.05, 3.63) is 108 Å².